The van der Waals surface area contributed by atoms with Gasteiger partial charge in [0.25, 0.3) is 0 Å². The van der Waals surface area contributed by atoms with Crippen LogP contribution in [0.4, 0.5) is 0 Å². The first kappa shape index (κ1) is 18.0. The number of unbranched alkanes of at least 4 members (excludes halogenated alkanes) is 1. The van der Waals surface area contributed by atoms with Gasteiger partial charge in [0.2, 0.25) is 0 Å². The van der Waals surface area contributed by atoms with E-state index in [1.54, 1.807) is 0 Å². The number of benzene rings is 1. The average molecular weight is 357 g/mol. The van der Waals surface area contributed by atoms with Gasteiger partial charge in [-0.2, -0.15) is 0 Å². The number of piperidine rings is 1. The molecule has 26 heavy (non-hydrogen) atoms. The summed E-state index contributed by atoms with van der Waals surface area (Å²) >= 11 is 0. The van der Waals surface area contributed by atoms with Crippen LogP contribution in [-0.4, -0.2) is 34.8 Å². The molecule has 3 fully saturated rings. The smallest absolute Gasteiger partial charge is 0.304 e. The van der Waals surface area contributed by atoms with Crippen molar-refractivity contribution in [2.45, 2.75) is 89.3 Å². The third-order valence-corrected chi connectivity index (χ3v) is 6.80. The van der Waals surface area contributed by atoms with Gasteiger partial charge in [-0.3, -0.25) is 9.69 Å². The van der Waals surface area contributed by atoms with E-state index in [0.717, 1.165) is 12.8 Å². The zero-order valence-corrected chi connectivity index (χ0v) is 16.0. The summed E-state index contributed by atoms with van der Waals surface area (Å²) in [6.07, 6.45) is 8.31. The van der Waals surface area contributed by atoms with Crippen LogP contribution in [0.25, 0.3) is 0 Å². The van der Waals surface area contributed by atoms with Crippen molar-refractivity contribution in [3.63, 3.8) is 0 Å². The van der Waals surface area contributed by atoms with E-state index in [1.165, 1.54) is 44.6 Å². The minimum absolute atomic E-state index is 0.0489. The van der Waals surface area contributed by atoms with Crippen LogP contribution in [0.3, 0.4) is 0 Å². The number of nitrogens with zero attached hydrogens (tertiary/aromatic N) is 1. The standard InChI is InChI=1S/C22H31NO3/c1-3-4-11-22-12-10-18-13-20(25-15-17-8-6-5-7-9-17)19(22)14-21(23(18)22)26-16(2)24/h5-9,18-21H,3-4,10-15H2,1-2H3/t18-,19-,20+,21?,22+/m0/s1. The lowest BCUT2D eigenvalue weighted by molar-refractivity contribution is -0.160. The lowest BCUT2D eigenvalue weighted by Gasteiger charge is -2.47. The summed E-state index contributed by atoms with van der Waals surface area (Å²) in [4.78, 5) is 14.2. The normalized spacial score (nSPS) is 37.7. The molecule has 1 aromatic rings. The molecule has 0 saturated carbocycles. The van der Waals surface area contributed by atoms with Crippen LogP contribution in [0, 0.1) is 5.92 Å². The predicted octanol–water partition coefficient (Wildman–Crippen LogP) is 4.28. The van der Waals surface area contributed by atoms with Gasteiger partial charge in [-0.05, 0) is 31.2 Å². The Morgan fingerprint density at radius 2 is 2.08 bits per heavy atom. The summed E-state index contributed by atoms with van der Waals surface area (Å²) in [5.41, 5.74) is 1.42. The van der Waals surface area contributed by atoms with Crippen molar-refractivity contribution in [1.29, 1.82) is 0 Å². The fourth-order valence-corrected chi connectivity index (χ4v) is 5.84. The molecule has 142 valence electrons. The number of carbonyl (C=O) groups excluding carboxylic acids is 1. The first-order valence-electron chi connectivity index (χ1n) is 10.3. The number of rotatable bonds is 7. The van der Waals surface area contributed by atoms with Crippen molar-refractivity contribution in [2.24, 2.45) is 5.92 Å². The second-order valence-electron chi connectivity index (χ2n) is 8.28. The van der Waals surface area contributed by atoms with Crippen LogP contribution in [0.5, 0.6) is 0 Å². The number of hydrogen-bond donors (Lipinski definition) is 0. The lowest BCUT2D eigenvalue weighted by Crippen LogP contribution is -2.56. The summed E-state index contributed by atoms with van der Waals surface area (Å²) in [7, 11) is 0. The summed E-state index contributed by atoms with van der Waals surface area (Å²) in [6, 6.07) is 10.9. The molecule has 3 saturated heterocycles. The van der Waals surface area contributed by atoms with E-state index in [2.05, 4.69) is 36.1 Å². The second-order valence-corrected chi connectivity index (χ2v) is 8.28. The maximum atomic E-state index is 11.7. The summed E-state index contributed by atoms with van der Waals surface area (Å²) in [5.74, 6) is 0.315. The lowest BCUT2D eigenvalue weighted by atomic mass is 9.75. The molecule has 3 aliphatic heterocycles. The first-order valence-corrected chi connectivity index (χ1v) is 10.3. The molecule has 0 N–H and O–H groups in total. The van der Waals surface area contributed by atoms with Crippen LogP contribution in [0.2, 0.25) is 0 Å². The van der Waals surface area contributed by atoms with Gasteiger partial charge in [0.05, 0.1) is 12.7 Å². The Kier molecular flexibility index (Phi) is 5.07. The highest BCUT2D eigenvalue weighted by atomic mass is 16.6. The summed E-state index contributed by atoms with van der Waals surface area (Å²) < 4.78 is 12.2. The predicted molar refractivity (Wildman–Crippen MR) is 100 cm³/mol. The number of hydrogen-bond acceptors (Lipinski definition) is 4. The number of carbonyl (C=O) groups is 1. The molecular weight excluding hydrogens is 326 g/mol. The van der Waals surface area contributed by atoms with Gasteiger partial charge >= 0.3 is 5.97 Å². The summed E-state index contributed by atoms with van der Waals surface area (Å²) in [5, 5.41) is 0. The number of esters is 1. The fraction of sp³-hybridized carbons (Fsp3) is 0.682. The van der Waals surface area contributed by atoms with Crippen LogP contribution >= 0.6 is 0 Å². The molecular formula is C22H31NO3. The average Bonchev–Trinajstić information content (AvgIpc) is 3.03. The quantitative estimate of drug-likeness (QED) is 0.683. The molecule has 4 nitrogen and oxygen atoms in total. The molecule has 3 heterocycles. The Morgan fingerprint density at radius 3 is 2.81 bits per heavy atom. The van der Waals surface area contributed by atoms with Crippen molar-refractivity contribution in [2.75, 3.05) is 0 Å². The molecule has 4 rings (SSSR count). The van der Waals surface area contributed by atoms with E-state index in [9.17, 15) is 4.79 Å². The van der Waals surface area contributed by atoms with E-state index in [-0.39, 0.29) is 23.8 Å². The molecule has 1 aromatic carbocycles. The van der Waals surface area contributed by atoms with Crippen LogP contribution < -0.4 is 0 Å². The third kappa shape index (κ3) is 3.07. The van der Waals surface area contributed by atoms with E-state index in [4.69, 9.17) is 9.47 Å². The maximum absolute atomic E-state index is 11.7. The van der Waals surface area contributed by atoms with Crippen LogP contribution in [-0.2, 0) is 20.9 Å². The zero-order chi connectivity index (χ0) is 18.1. The van der Waals surface area contributed by atoms with E-state index < -0.39 is 0 Å². The minimum atomic E-state index is -0.158. The molecule has 0 amide bonds. The van der Waals surface area contributed by atoms with Gasteiger partial charge in [-0.15, -0.1) is 0 Å². The van der Waals surface area contributed by atoms with E-state index in [0.29, 0.717) is 18.6 Å². The van der Waals surface area contributed by atoms with Crippen molar-refractivity contribution < 1.29 is 14.3 Å². The molecule has 2 unspecified atom stereocenters. The third-order valence-electron chi connectivity index (χ3n) is 6.80. The largest absolute Gasteiger partial charge is 0.446 e. The van der Waals surface area contributed by atoms with Crippen molar-refractivity contribution in [3.05, 3.63) is 35.9 Å². The molecule has 0 aliphatic carbocycles. The zero-order valence-electron chi connectivity index (χ0n) is 16.0. The summed E-state index contributed by atoms with van der Waals surface area (Å²) in [6.45, 7) is 4.47. The molecule has 0 radical (unpaired) electrons. The highest BCUT2D eigenvalue weighted by molar-refractivity contribution is 5.66. The number of ether oxygens (including phenoxy) is 2. The van der Waals surface area contributed by atoms with Gasteiger partial charge in [0.1, 0.15) is 0 Å². The van der Waals surface area contributed by atoms with E-state index in [1.807, 2.05) is 6.07 Å². The second kappa shape index (κ2) is 7.32. The molecule has 4 bridgehead atoms. The van der Waals surface area contributed by atoms with Crippen LogP contribution in [0.15, 0.2) is 30.3 Å². The fourth-order valence-electron chi connectivity index (χ4n) is 5.84. The van der Waals surface area contributed by atoms with Crippen LogP contribution in [0.1, 0.15) is 64.4 Å². The highest BCUT2D eigenvalue weighted by Gasteiger charge is 2.65. The Balaban J connectivity index is 1.54. The Labute approximate surface area is 156 Å². The van der Waals surface area contributed by atoms with Crippen molar-refractivity contribution >= 4 is 5.97 Å². The van der Waals surface area contributed by atoms with Gasteiger partial charge in [-0.25, -0.2) is 0 Å². The van der Waals surface area contributed by atoms with Crippen molar-refractivity contribution in [3.8, 4) is 0 Å². The monoisotopic (exact) mass is 357 g/mol. The van der Waals surface area contributed by atoms with E-state index >= 15 is 0 Å². The SMILES string of the molecule is CCCC[C@@]12CC[C@H]3C[C@@H](OCc4ccccc4)[C@@H]1CC(OC(C)=O)N32. The Morgan fingerprint density at radius 1 is 1.27 bits per heavy atom. The topological polar surface area (TPSA) is 38.8 Å². The van der Waals surface area contributed by atoms with Gasteiger partial charge in [-0.1, -0.05) is 50.1 Å². The highest BCUT2D eigenvalue weighted by Crippen LogP contribution is 2.58. The van der Waals surface area contributed by atoms with Gasteiger partial charge in [0, 0.05) is 30.8 Å². The van der Waals surface area contributed by atoms with Crippen molar-refractivity contribution in [1.82, 2.24) is 4.90 Å². The minimum Gasteiger partial charge on any atom is -0.446 e. The van der Waals surface area contributed by atoms with Gasteiger partial charge in [0.15, 0.2) is 6.23 Å². The Hall–Kier alpha value is -1.39. The van der Waals surface area contributed by atoms with Gasteiger partial charge < -0.3 is 9.47 Å². The first-order chi connectivity index (χ1) is 12.6. The Bertz CT molecular complexity index is 634. The molecule has 4 heteroatoms. The molecule has 0 spiro atoms. The maximum Gasteiger partial charge on any atom is 0.304 e. The molecule has 3 aliphatic rings. The molecule has 0 aromatic heterocycles. The molecule has 6 atom stereocenters.